The minimum absolute atomic E-state index is 0.0560. The van der Waals surface area contributed by atoms with Crippen LogP contribution in [0.2, 0.25) is 5.02 Å². The molecule has 4 aromatic carbocycles. The van der Waals surface area contributed by atoms with Gasteiger partial charge >= 0.3 is 0 Å². The fourth-order valence-electron chi connectivity index (χ4n) is 3.46. The molecule has 0 bridgehead atoms. The number of ether oxygens (including phenoxy) is 1. The number of methoxy groups -OCH3 is 1. The van der Waals surface area contributed by atoms with E-state index >= 15 is 0 Å². The zero-order chi connectivity index (χ0) is 29.6. The van der Waals surface area contributed by atoms with Gasteiger partial charge in [-0.2, -0.15) is 0 Å². The maximum absolute atomic E-state index is 13.0. The maximum atomic E-state index is 13.0. The number of nitrogens with one attached hydrogen (secondary N) is 3. The number of non-ortho nitro benzene ring substituents is 1. The van der Waals surface area contributed by atoms with Crippen molar-refractivity contribution in [3.63, 3.8) is 0 Å². The van der Waals surface area contributed by atoms with Crippen molar-refractivity contribution < 1.29 is 27.7 Å². The number of nitro benzene ring substituents is 1. The highest BCUT2D eigenvalue weighted by Gasteiger charge is 2.20. The van der Waals surface area contributed by atoms with Crippen molar-refractivity contribution in [3.8, 4) is 5.75 Å². The molecule has 2 amide bonds. The summed E-state index contributed by atoms with van der Waals surface area (Å²) in [6, 6.07) is 22.0. The van der Waals surface area contributed by atoms with E-state index in [1.807, 2.05) is 0 Å². The van der Waals surface area contributed by atoms with Crippen LogP contribution in [-0.2, 0) is 10.0 Å². The molecule has 0 fully saturated rings. The molecule has 0 saturated heterocycles. The lowest BCUT2D eigenvalue weighted by molar-refractivity contribution is -0.384. The standard InChI is InChI=1S/C27H21ClN4O7S2/c1-39-21-10-7-19(8-11-21)31-41(37,38)23-4-2-3-17(15-23)26(33)29-30-27(34)24-16-20(32(35)36)9-14-25(24)40-22-12-5-18(28)6-13-22/h2-16,31H,1H3,(H,29,33)(H,30,34). The van der Waals surface area contributed by atoms with Crippen LogP contribution < -0.4 is 20.3 Å². The Hall–Kier alpha value is -4.59. The van der Waals surface area contributed by atoms with Gasteiger partial charge < -0.3 is 4.74 Å². The lowest BCUT2D eigenvalue weighted by Crippen LogP contribution is -2.41. The molecule has 14 heteroatoms. The molecular formula is C27H21ClN4O7S2. The molecule has 0 unspecified atom stereocenters. The van der Waals surface area contributed by atoms with Crippen LogP contribution >= 0.6 is 23.4 Å². The molecule has 0 radical (unpaired) electrons. The van der Waals surface area contributed by atoms with E-state index in [0.29, 0.717) is 15.7 Å². The van der Waals surface area contributed by atoms with Crippen LogP contribution in [0, 0.1) is 10.1 Å². The molecule has 210 valence electrons. The summed E-state index contributed by atoms with van der Waals surface area (Å²) in [5, 5.41) is 11.8. The number of halogens is 1. The van der Waals surface area contributed by atoms with E-state index < -0.39 is 26.8 Å². The summed E-state index contributed by atoms with van der Waals surface area (Å²) < 4.78 is 33.2. The number of carbonyl (C=O) groups is 2. The highest BCUT2D eigenvalue weighted by molar-refractivity contribution is 7.99. The predicted molar refractivity (Wildman–Crippen MR) is 154 cm³/mol. The van der Waals surface area contributed by atoms with Gasteiger partial charge in [0.05, 0.1) is 22.5 Å². The average Bonchev–Trinajstić information content (AvgIpc) is 2.97. The molecule has 0 aliphatic rings. The van der Waals surface area contributed by atoms with Crippen LogP contribution in [0.3, 0.4) is 0 Å². The van der Waals surface area contributed by atoms with Crippen LogP contribution in [0.4, 0.5) is 11.4 Å². The number of anilines is 1. The number of carbonyl (C=O) groups excluding carboxylic acids is 2. The van der Waals surface area contributed by atoms with E-state index in [9.17, 15) is 28.1 Å². The molecule has 0 aromatic heterocycles. The number of hydrazine groups is 1. The Kier molecular flexibility index (Phi) is 9.12. The molecule has 3 N–H and O–H groups in total. The molecule has 0 aliphatic carbocycles. The Morgan fingerprint density at radius 2 is 1.59 bits per heavy atom. The monoisotopic (exact) mass is 612 g/mol. The molecular weight excluding hydrogens is 592 g/mol. The Balaban J connectivity index is 1.49. The summed E-state index contributed by atoms with van der Waals surface area (Å²) in [5.41, 5.74) is 4.32. The number of hydrogen-bond donors (Lipinski definition) is 3. The first-order valence-corrected chi connectivity index (χ1v) is 14.3. The van der Waals surface area contributed by atoms with E-state index in [-0.39, 0.29) is 27.4 Å². The van der Waals surface area contributed by atoms with Gasteiger partial charge in [-0.25, -0.2) is 8.42 Å². The van der Waals surface area contributed by atoms with Crippen LogP contribution in [0.1, 0.15) is 20.7 Å². The number of rotatable bonds is 9. The van der Waals surface area contributed by atoms with E-state index in [2.05, 4.69) is 15.6 Å². The van der Waals surface area contributed by atoms with Gasteiger partial charge in [-0.05, 0) is 72.8 Å². The Bertz CT molecular complexity index is 1710. The first-order valence-electron chi connectivity index (χ1n) is 11.7. The fraction of sp³-hybridized carbons (Fsp3) is 0.0370. The molecule has 0 heterocycles. The van der Waals surface area contributed by atoms with Crippen LogP contribution in [0.5, 0.6) is 5.75 Å². The van der Waals surface area contributed by atoms with Crippen molar-refractivity contribution in [2.24, 2.45) is 0 Å². The van der Waals surface area contributed by atoms with Crippen molar-refractivity contribution in [2.75, 3.05) is 11.8 Å². The molecule has 11 nitrogen and oxygen atoms in total. The Morgan fingerprint density at radius 3 is 2.24 bits per heavy atom. The lowest BCUT2D eigenvalue weighted by atomic mass is 10.2. The summed E-state index contributed by atoms with van der Waals surface area (Å²) in [5.74, 6) is -1.07. The fourth-order valence-corrected chi connectivity index (χ4v) is 5.61. The van der Waals surface area contributed by atoms with Gasteiger partial charge in [0.15, 0.2) is 0 Å². The van der Waals surface area contributed by atoms with Gasteiger partial charge in [-0.15, -0.1) is 0 Å². The van der Waals surface area contributed by atoms with Crippen LogP contribution in [-0.4, -0.2) is 32.3 Å². The van der Waals surface area contributed by atoms with Gasteiger partial charge in [0.25, 0.3) is 27.5 Å². The minimum Gasteiger partial charge on any atom is -0.497 e. The Labute approximate surface area is 244 Å². The van der Waals surface area contributed by atoms with Gasteiger partial charge in [0.2, 0.25) is 0 Å². The second-order valence-corrected chi connectivity index (χ2v) is 11.5. The molecule has 0 spiro atoms. The molecule has 4 rings (SSSR count). The molecule has 0 atom stereocenters. The van der Waals surface area contributed by atoms with E-state index in [1.54, 1.807) is 36.4 Å². The average molecular weight is 613 g/mol. The van der Waals surface area contributed by atoms with E-state index in [0.717, 1.165) is 17.0 Å². The number of sulfonamides is 1. The van der Waals surface area contributed by atoms with Crippen LogP contribution in [0.25, 0.3) is 0 Å². The SMILES string of the molecule is COc1ccc(NS(=O)(=O)c2cccc(C(=O)NNC(=O)c3cc([N+](=O)[O-])ccc3Sc3ccc(Cl)cc3)c2)cc1. The van der Waals surface area contributed by atoms with Crippen molar-refractivity contribution >= 4 is 56.6 Å². The topological polar surface area (TPSA) is 157 Å². The maximum Gasteiger partial charge on any atom is 0.271 e. The first kappa shape index (κ1) is 29.4. The largest absolute Gasteiger partial charge is 0.497 e. The zero-order valence-electron chi connectivity index (χ0n) is 21.2. The highest BCUT2D eigenvalue weighted by Crippen LogP contribution is 2.33. The summed E-state index contributed by atoms with van der Waals surface area (Å²) in [4.78, 5) is 37.4. The number of benzene rings is 4. The highest BCUT2D eigenvalue weighted by atomic mass is 35.5. The lowest BCUT2D eigenvalue weighted by Gasteiger charge is -2.12. The predicted octanol–water partition coefficient (Wildman–Crippen LogP) is 5.28. The number of nitrogens with zero attached hydrogens (tertiary/aromatic N) is 1. The number of amides is 2. The van der Waals surface area contributed by atoms with Crippen LogP contribution in [0.15, 0.2) is 106 Å². The van der Waals surface area contributed by atoms with Crippen molar-refractivity contribution in [3.05, 3.63) is 117 Å². The van der Waals surface area contributed by atoms with E-state index in [1.165, 1.54) is 61.3 Å². The minimum atomic E-state index is -4.05. The van der Waals surface area contributed by atoms with Crippen molar-refractivity contribution in [1.29, 1.82) is 0 Å². The normalized spacial score (nSPS) is 10.9. The third kappa shape index (κ3) is 7.54. The second-order valence-electron chi connectivity index (χ2n) is 8.26. The van der Waals surface area contributed by atoms with Crippen molar-refractivity contribution in [2.45, 2.75) is 14.7 Å². The molecule has 0 saturated carbocycles. The quantitative estimate of drug-likeness (QED) is 0.170. The second kappa shape index (κ2) is 12.7. The third-order valence-electron chi connectivity index (χ3n) is 5.50. The van der Waals surface area contributed by atoms with Gasteiger partial charge in [0.1, 0.15) is 5.75 Å². The zero-order valence-corrected chi connectivity index (χ0v) is 23.5. The summed E-state index contributed by atoms with van der Waals surface area (Å²) >= 11 is 7.10. The molecule has 41 heavy (non-hydrogen) atoms. The van der Waals surface area contributed by atoms with E-state index in [4.69, 9.17) is 16.3 Å². The first-order chi connectivity index (χ1) is 19.6. The summed E-state index contributed by atoms with van der Waals surface area (Å²) in [6.07, 6.45) is 0. The van der Waals surface area contributed by atoms with Crippen molar-refractivity contribution in [1.82, 2.24) is 10.9 Å². The molecule has 4 aromatic rings. The van der Waals surface area contributed by atoms with Gasteiger partial charge in [-0.1, -0.05) is 29.4 Å². The number of nitro groups is 1. The summed E-state index contributed by atoms with van der Waals surface area (Å²) in [7, 11) is -2.56. The van der Waals surface area contributed by atoms with Gasteiger partial charge in [-0.3, -0.25) is 35.3 Å². The van der Waals surface area contributed by atoms with Gasteiger partial charge in [0, 0.05) is 38.2 Å². The number of hydrogen-bond acceptors (Lipinski definition) is 8. The molecule has 0 aliphatic heterocycles. The smallest absolute Gasteiger partial charge is 0.271 e. The third-order valence-corrected chi connectivity index (χ3v) is 8.21. The summed E-state index contributed by atoms with van der Waals surface area (Å²) in [6.45, 7) is 0. The Morgan fingerprint density at radius 1 is 0.902 bits per heavy atom.